The molecular formula is C36H72Mg2O5+2. The SMILES string of the molecule is CCCCCCCCCCCCCCCCCC(=O)O.CCCCCCCCCCCCCCCCCC(=O)O.[Mg+2].[Mg+2].[O-2]. The summed E-state index contributed by atoms with van der Waals surface area (Å²) in [7, 11) is 0. The number of carbonyl (C=O) groups is 2. The Morgan fingerprint density at radius 3 is 0.605 bits per heavy atom. The molecule has 0 aliphatic heterocycles. The quantitative estimate of drug-likeness (QED) is 0.0568. The van der Waals surface area contributed by atoms with Gasteiger partial charge in [0.2, 0.25) is 0 Å². The second kappa shape index (κ2) is 49.3. The van der Waals surface area contributed by atoms with E-state index in [9.17, 15) is 9.59 Å². The molecule has 0 aliphatic carbocycles. The zero-order valence-corrected chi connectivity index (χ0v) is 32.0. The summed E-state index contributed by atoms with van der Waals surface area (Å²) >= 11 is 0. The Balaban J connectivity index is -0.000000209. The number of rotatable bonds is 32. The van der Waals surface area contributed by atoms with Crippen molar-refractivity contribution in [2.45, 2.75) is 219 Å². The standard InChI is InChI=1S/2C18H36O2.2Mg.O/c2*1-2-3-4-5-6-7-8-9-10-11-12-13-14-15-16-17-18(19)20;;;/h2*2-17H2,1H3,(H,19,20);;;/q;;2*+2;-2. The molecule has 0 amide bonds. The fourth-order valence-corrected chi connectivity index (χ4v) is 5.30. The molecule has 5 nitrogen and oxygen atoms in total. The Kier molecular flexibility index (Phi) is 60.7. The summed E-state index contributed by atoms with van der Waals surface area (Å²) in [6.45, 7) is 4.54. The van der Waals surface area contributed by atoms with Crippen molar-refractivity contribution in [2.24, 2.45) is 0 Å². The van der Waals surface area contributed by atoms with E-state index in [0.717, 1.165) is 25.7 Å². The van der Waals surface area contributed by atoms with Gasteiger partial charge in [0, 0.05) is 12.8 Å². The minimum Gasteiger partial charge on any atom is -2.00 e. The van der Waals surface area contributed by atoms with Gasteiger partial charge in [-0.15, -0.1) is 0 Å². The van der Waals surface area contributed by atoms with Crippen LogP contribution >= 0.6 is 0 Å². The summed E-state index contributed by atoms with van der Waals surface area (Å²) in [6.07, 6.45) is 40.4. The van der Waals surface area contributed by atoms with Crippen LogP contribution in [0.1, 0.15) is 219 Å². The van der Waals surface area contributed by atoms with Crippen LogP contribution < -0.4 is 0 Å². The topological polar surface area (TPSA) is 103 Å². The second-order valence-electron chi connectivity index (χ2n) is 12.2. The van der Waals surface area contributed by atoms with E-state index in [4.69, 9.17) is 10.2 Å². The van der Waals surface area contributed by atoms with Crippen LogP contribution in [0.25, 0.3) is 0 Å². The molecule has 0 heterocycles. The van der Waals surface area contributed by atoms with Crippen LogP contribution in [0.5, 0.6) is 0 Å². The third-order valence-electron chi connectivity index (χ3n) is 7.99. The van der Waals surface area contributed by atoms with Crippen LogP contribution in [0.3, 0.4) is 0 Å². The summed E-state index contributed by atoms with van der Waals surface area (Å²) in [5.74, 6) is -1.31. The van der Waals surface area contributed by atoms with Crippen LogP contribution in [-0.4, -0.2) is 68.3 Å². The number of carboxylic acids is 2. The summed E-state index contributed by atoms with van der Waals surface area (Å²) in [6, 6.07) is 0. The number of carboxylic acid groups (broad SMARTS) is 2. The van der Waals surface area contributed by atoms with Crippen molar-refractivity contribution in [3.63, 3.8) is 0 Å². The molecule has 0 rings (SSSR count). The van der Waals surface area contributed by atoms with Gasteiger partial charge in [-0.3, -0.25) is 9.59 Å². The van der Waals surface area contributed by atoms with E-state index in [0.29, 0.717) is 12.8 Å². The van der Waals surface area contributed by atoms with Crippen molar-refractivity contribution in [1.29, 1.82) is 0 Å². The minimum absolute atomic E-state index is 0. The molecule has 43 heavy (non-hydrogen) atoms. The van der Waals surface area contributed by atoms with Crippen molar-refractivity contribution >= 4 is 58.0 Å². The molecule has 0 bridgehead atoms. The average Bonchev–Trinajstić information content (AvgIpc) is 2.93. The van der Waals surface area contributed by atoms with Gasteiger partial charge in [0.1, 0.15) is 0 Å². The number of aliphatic carboxylic acids is 2. The van der Waals surface area contributed by atoms with Gasteiger partial charge < -0.3 is 15.7 Å². The number of hydrogen-bond donors (Lipinski definition) is 2. The van der Waals surface area contributed by atoms with Gasteiger partial charge in [-0.25, -0.2) is 0 Å². The fraction of sp³-hybridized carbons (Fsp3) is 0.944. The normalized spacial score (nSPS) is 10.1. The van der Waals surface area contributed by atoms with Crippen LogP contribution in [-0.2, 0) is 15.1 Å². The third-order valence-corrected chi connectivity index (χ3v) is 7.99. The van der Waals surface area contributed by atoms with E-state index >= 15 is 0 Å². The van der Waals surface area contributed by atoms with Gasteiger partial charge >= 0.3 is 58.0 Å². The maximum absolute atomic E-state index is 10.3. The van der Waals surface area contributed by atoms with Gasteiger partial charge in [-0.2, -0.15) is 0 Å². The first-order chi connectivity index (χ1) is 19.5. The molecule has 0 aromatic heterocycles. The monoisotopic (exact) mass is 633 g/mol. The van der Waals surface area contributed by atoms with Crippen molar-refractivity contribution < 1.29 is 25.3 Å². The maximum Gasteiger partial charge on any atom is 2.00 e. The van der Waals surface area contributed by atoms with Crippen LogP contribution in [0.15, 0.2) is 0 Å². The van der Waals surface area contributed by atoms with Crippen LogP contribution in [0.2, 0.25) is 0 Å². The summed E-state index contributed by atoms with van der Waals surface area (Å²) in [5, 5.41) is 17.0. The summed E-state index contributed by atoms with van der Waals surface area (Å²) in [5.41, 5.74) is 0. The van der Waals surface area contributed by atoms with Gasteiger partial charge in [0.05, 0.1) is 0 Å². The van der Waals surface area contributed by atoms with E-state index in [1.54, 1.807) is 0 Å². The Hall–Kier alpha value is 0.432. The number of unbranched alkanes of at least 4 members (excludes halogenated alkanes) is 28. The molecule has 0 saturated carbocycles. The second-order valence-corrected chi connectivity index (χ2v) is 12.2. The largest absolute Gasteiger partial charge is 2.00 e. The minimum atomic E-state index is -0.653. The zero-order chi connectivity index (χ0) is 29.8. The van der Waals surface area contributed by atoms with Crippen molar-refractivity contribution in [2.75, 3.05) is 0 Å². The molecule has 0 atom stereocenters. The van der Waals surface area contributed by atoms with E-state index in [1.165, 1.54) is 167 Å². The van der Waals surface area contributed by atoms with Gasteiger partial charge in [-0.05, 0) is 12.8 Å². The first-order valence-electron chi connectivity index (χ1n) is 18.0. The molecule has 0 aromatic rings. The van der Waals surface area contributed by atoms with Gasteiger partial charge in [0.25, 0.3) is 0 Å². The molecule has 0 saturated heterocycles. The number of hydrogen-bond acceptors (Lipinski definition) is 2. The van der Waals surface area contributed by atoms with Gasteiger partial charge in [-0.1, -0.05) is 194 Å². The predicted molar refractivity (Wildman–Crippen MR) is 187 cm³/mol. The van der Waals surface area contributed by atoms with Crippen LogP contribution in [0.4, 0.5) is 0 Å². The summed E-state index contributed by atoms with van der Waals surface area (Å²) in [4.78, 5) is 20.7. The van der Waals surface area contributed by atoms with Gasteiger partial charge in [0.15, 0.2) is 0 Å². The Morgan fingerprint density at radius 1 is 0.326 bits per heavy atom. The van der Waals surface area contributed by atoms with E-state index in [-0.39, 0.29) is 51.6 Å². The first kappa shape index (κ1) is 52.9. The average molecular weight is 634 g/mol. The molecule has 2 N–H and O–H groups in total. The molecule has 0 unspecified atom stereocenters. The van der Waals surface area contributed by atoms with Crippen molar-refractivity contribution in [3.05, 3.63) is 0 Å². The van der Waals surface area contributed by atoms with E-state index < -0.39 is 11.9 Å². The molecular weight excluding hydrogens is 561 g/mol. The smallest absolute Gasteiger partial charge is 2.00 e. The van der Waals surface area contributed by atoms with Crippen molar-refractivity contribution in [3.8, 4) is 0 Å². The predicted octanol–water partition coefficient (Wildman–Crippen LogP) is 11.8. The van der Waals surface area contributed by atoms with Crippen molar-refractivity contribution in [1.82, 2.24) is 0 Å². The molecule has 0 aliphatic rings. The molecule has 248 valence electrons. The van der Waals surface area contributed by atoms with Crippen LogP contribution in [0, 0.1) is 0 Å². The van der Waals surface area contributed by atoms with E-state index in [2.05, 4.69) is 13.8 Å². The van der Waals surface area contributed by atoms with E-state index in [1.807, 2.05) is 0 Å². The molecule has 0 radical (unpaired) electrons. The summed E-state index contributed by atoms with van der Waals surface area (Å²) < 4.78 is 0. The molecule has 0 aromatic carbocycles. The Labute approximate surface area is 300 Å². The maximum atomic E-state index is 10.3. The fourth-order valence-electron chi connectivity index (χ4n) is 5.30. The first-order valence-corrected chi connectivity index (χ1v) is 18.0. The zero-order valence-electron chi connectivity index (χ0n) is 29.2. The molecule has 0 fully saturated rings. The molecule has 0 spiro atoms. The Morgan fingerprint density at radius 2 is 0.465 bits per heavy atom. The third kappa shape index (κ3) is 58.5. The molecule has 7 heteroatoms. The Bertz CT molecular complexity index is 462.